The number of urea groups is 1. The van der Waals surface area contributed by atoms with E-state index in [1.165, 1.54) is 12.1 Å². The monoisotopic (exact) mass is 291 g/mol. The van der Waals surface area contributed by atoms with Crippen LogP contribution in [-0.4, -0.2) is 28.4 Å². The maximum atomic E-state index is 12.3. The van der Waals surface area contributed by atoms with Crippen molar-refractivity contribution in [3.63, 3.8) is 0 Å². The first-order chi connectivity index (χ1) is 9.97. The van der Waals surface area contributed by atoms with Crippen LogP contribution in [0.3, 0.4) is 0 Å². The van der Waals surface area contributed by atoms with E-state index < -0.39 is 4.92 Å². The number of anilines is 1. The fourth-order valence-electron chi connectivity index (χ4n) is 2.13. The number of hydrogen-bond acceptors (Lipinski definition) is 3. The van der Waals surface area contributed by atoms with Crippen LogP contribution in [0.2, 0.25) is 0 Å². The Labute approximate surface area is 124 Å². The second-order valence-electron chi connectivity index (χ2n) is 5.84. The van der Waals surface area contributed by atoms with Gasteiger partial charge in [0.1, 0.15) is 0 Å². The van der Waals surface area contributed by atoms with Crippen molar-refractivity contribution in [2.45, 2.75) is 39.2 Å². The van der Waals surface area contributed by atoms with Crippen LogP contribution >= 0.6 is 0 Å². The maximum Gasteiger partial charge on any atom is 0.322 e. The van der Waals surface area contributed by atoms with Crippen LogP contribution in [-0.2, 0) is 0 Å². The van der Waals surface area contributed by atoms with Crippen LogP contribution in [0.4, 0.5) is 16.2 Å². The third-order valence-electron chi connectivity index (χ3n) is 3.50. The van der Waals surface area contributed by atoms with Gasteiger partial charge in [-0.2, -0.15) is 0 Å². The highest BCUT2D eigenvalue weighted by molar-refractivity contribution is 5.90. The van der Waals surface area contributed by atoms with Gasteiger partial charge in [0.2, 0.25) is 0 Å². The van der Waals surface area contributed by atoms with Gasteiger partial charge in [0.05, 0.1) is 4.92 Å². The fraction of sp³-hybridized carbons (Fsp3) is 0.533. The molecular weight excluding hydrogens is 270 g/mol. The lowest BCUT2D eigenvalue weighted by Gasteiger charge is -2.23. The molecule has 0 saturated heterocycles. The number of carbonyl (C=O) groups is 1. The molecule has 0 bridgehead atoms. The minimum atomic E-state index is -0.465. The number of nitro benzene ring substituents is 1. The summed E-state index contributed by atoms with van der Waals surface area (Å²) in [6, 6.07) is 6.18. The number of non-ortho nitro benzene ring substituents is 1. The second-order valence-corrected chi connectivity index (χ2v) is 5.84. The zero-order chi connectivity index (χ0) is 15.4. The van der Waals surface area contributed by atoms with E-state index in [9.17, 15) is 14.9 Å². The van der Waals surface area contributed by atoms with E-state index >= 15 is 0 Å². The number of benzene rings is 1. The predicted octanol–water partition coefficient (Wildman–Crippen LogP) is 3.64. The topological polar surface area (TPSA) is 75.5 Å². The highest BCUT2D eigenvalue weighted by atomic mass is 16.6. The zero-order valence-corrected chi connectivity index (χ0v) is 12.4. The third kappa shape index (κ3) is 4.44. The molecule has 2 amide bonds. The first kappa shape index (κ1) is 15.3. The molecule has 1 aliphatic carbocycles. The molecule has 0 aromatic heterocycles. The molecule has 1 fully saturated rings. The quantitative estimate of drug-likeness (QED) is 0.642. The summed E-state index contributed by atoms with van der Waals surface area (Å²) in [5.41, 5.74) is 0.442. The van der Waals surface area contributed by atoms with E-state index in [0.717, 1.165) is 25.8 Å². The Morgan fingerprint density at radius 2 is 2.19 bits per heavy atom. The van der Waals surface area contributed by atoms with Gasteiger partial charge in [-0.15, -0.1) is 0 Å². The molecule has 1 aromatic rings. The summed E-state index contributed by atoms with van der Waals surface area (Å²) in [4.78, 5) is 24.5. The van der Waals surface area contributed by atoms with Crippen molar-refractivity contribution in [1.82, 2.24) is 4.90 Å². The van der Waals surface area contributed by atoms with E-state index in [1.807, 2.05) is 4.90 Å². The Morgan fingerprint density at radius 3 is 2.76 bits per heavy atom. The average molecular weight is 291 g/mol. The van der Waals surface area contributed by atoms with E-state index in [-0.39, 0.29) is 11.7 Å². The van der Waals surface area contributed by atoms with Gasteiger partial charge in [0.25, 0.3) is 5.69 Å². The Balaban J connectivity index is 2.01. The number of nitrogens with one attached hydrogen (secondary N) is 1. The Morgan fingerprint density at radius 1 is 1.48 bits per heavy atom. The van der Waals surface area contributed by atoms with Crippen molar-refractivity contribution in [2.24, 2.45) is 5.92 Å². The van der Waals surface area contributed by atoms with E-state index in [4.69, 9.17) is 0 Å². The van der Waals surface area contributed by atoms with Gasteiger partial charge >= 0.3 is 6.03 Å². The molecule has 114 valence electrons. The zero-order valence-electron chi connectivity index (χ0n) is 12.4. The number of nitro groups is 1. The number of hydrogen-bond donors (Lipinski definition) is 1. The first-order valence-electron chi connectivity index (χ1n) is 7.29. The average Bonchev–Trinajstić information content (AvgIpc) is 3.23. The summed E-state index contributed by atoms with van der Waals surface area (Å²) in [5.74, 6) is 0.539. The summed E-state index contributed by atoms with van der Waals surface area (Å²) in [6.45, 7) is 4.98. The standard InChI is InChI=1S/C15H21N3O3/c1-11(2)8-9-17(13-6-7-13)15(19)16-12-4-3-5-14(10-12)18(20)21/h3-5,10-11,13H,6-9H2,1-2H3,(H,16,19). The van der Waals surface area contributed by atoms with Crippen LogP contribution in [0.5, 0.6) is 0 Å². The molecule has 0 unspecified atom stereocenters. The summed E-state index contributed by atoms with van der Waals surface area (Å²) >= 11 is 0. The highest BCUT2D eigenvalue weighted by Crippen LogP contribution is 2.28. The molecule has 0 aliphatic heterocycles. The highest BCUT2D eigenvalue weighted by Gasteiger charge is 2.32. The Hall–Kier alpha value is -2.11. The number of carbonyl (C=O) groups excluding carboxylic acids is 1. The van der Waals surface area contributed by atoms with Crippen molar-refractivity contribution >= 4 is 17.4 Å². The predicted molar refractivity (Wildman–Crippen MR) is 81.3 cm³/mol. The smallest absolute Gasteiger partial charge is 0.322 e. The summed E-state index contributed by atoms with van der Waals surface area (Å²) < 4.78 is 0. The molecule has 0 heterocycles. The van der Waals surface area contributed by atoms with Crippen molar-refractivity contribution < 1.29 is 9.72 Å². The van der Waals surface area contributed by atoms with Gasteiger partial charge in [0, 0.05) is 30.4 Å². The molecule has 1 N–H and O–H groups in total. The first-order valence-corrected chi connectivity index (χ1v) is 7.29. The van der Waals surface area contributed by atoms with Crippen molar-refractivity contribution in [3.05, 3.63) is 34.4 Å². The lowest BCUT2D eigenvalue weighted by molar-refractivity contribution is -0.384. The molecule has 0 atom stereocenters. The van der Waals surface area contributed by atoms with Gasteiger partial charge in [0.15, 0.2) is 0 Å². The van der Waals surface area contributed by atoms with Crippen LogP contribution in [0, 0.1) is 16.0 Å². The molecule has 0 spiro atoms. The van der Waals surface area contributed by atoms with Gasteiger partial charge in [-0.1, -0.05) is 19.9 Å². The van der Waals surface area contributed by atoms with Crippen molar-refractivity contribution in [2.75, 3.05) is 11.9 Å². The van der Waals surface area contributed by atoms with Crippen molar-refractivity contribution in [1.29, 1.82) is 0 Å². The normalized spacial score (nSPS) is 14.0. The van der Waals surface area contributed by atoms with Crippen LogP contribution in [0.1, 0.15) is 33.1 Å². The van der Waals surface area contributed by atoms with Gasteiger partial charge in [-0.3, -0.25) is 10.1 Å². The molecule has 0 radical (unpaired) electrons. The summed E-state index contributed by atoms with van der Waals surface area (Å²) in [7, 11) is 0. The largest absolute Gasteiger partial charge is 0.322 e. The molecule has 1 aliphatic rings. The van der Waals surface area contributed by atoms with E-state index in [1.54, 1.807) is 12.1 Å². The Bertz CT molecular complexity index is 527. The number of nitrogens with zero attached hydrogens (tertiary/aromatic N) is 2. The molecule has 1 aromatic carbocycles. The number of amides is 2. The molecule has 6 heteroatoms. The Kier molecular flexibility index (Phi) is 4.77. The van der Waals surface area contributed by atoms with Gasteiger partial charge in [-0.25, -0.2) is 4.79 Å². The van der Waals surface area contributed by atoms with Crippen LogP contribution in [0.15, 0.2) is 24.3 Å². The summed E-state index contributed by atoms with van der Waals surface area (Å²) in [5, 5.41) is 13.5. The minimum Gasteiger partial charge on any atom is -0.322 e. The lowest BCUT2D eigenvalue weighted by Crippen LogP contribution is -2.37. The molecular formula is C15H21N3O3. The molecule has 6 nitrogen and oxygen atoms in total. The maximum absolute atomic E-state index is 12.3. The van der Waals surface area contributed by atoms with E-state index in [2.05, 4.69) is 19.2 Å². The SMILES string of the molecule is CC(C)CCN(C(=O)Nc1cccc([N+](=O)[O-])c1)C1CC1. The van der Waals surface area contributed by atoms with Gasteiger partial charge < -0.3 is 10.2 Å². The molecule has 1 saturated carbocycles. The van der Waals surface area contributed by atoms with Crippen LogP contribution < -0.4 is 5.32 Å². The lowest BCUT2D eigenvalue weighted by atomic mass is 10.1. The fourth-order valence-corrected chi connectivity index (χ4v) is 2.13. The number of rotatable bonds is 6. The molecule has 2 rings (SSSR count). The minimum absolute atomic E-state index is 0.0204. The summed E-state index contributed by atoms with van der Waals surface area (Å²) in [6.07, 6.45) is 3.04. The van der Waals surface area contributed by atoms with Crippen LogP contribution in [0.25, 0.3) is 0 Å². The second kappa shape index (κ2) is 6.56. The van der Waals surface area contributed by atoms with Gasteiger partial charge in [-0.05, 0) is 31.2 Å². The molecule has 21 heavy (non-hydrogen) atoms. The van der Waals surface area contributed by atoms with Crippen molar-refractivity contribution in [3.8, 4) is 0 Å². The van der Waals surface area contributed by atoms with E-state index in [0.29, 0.717) is 17.6 Å². The third-order valence-corrected chi connectivity index (χ3v) is 3.50.